The second kappa shape index (κ2) is 5.36. The van der Waals surface area contributed by atoms with Gasteiger partial charge in [-0.15, -0.1) is 0 Å². The number of pyridine rings is 1. The van der Waals surface area contributed by atoms with Crippen LogP contribution >= 0.6 is 0 Å². The first-order valence-electron chi connectivity index (χ1n) is 6.18. The van der Waals surface area contributed by atoms with Crippen molar-refractivity contribution in [1.82, 2.24) is 4.98 Å². The van der Waals surface area contributed by atoms with E-state index in [1.54, 1.807) is 6.20 Å². The SMILES string of the molecule is Cc1ccnc(N(C)CCOCC2CC2)c1N. The molecule has 1 aromatic rings. The molecule has 1 fully saturated rings. The lowest BCUT2D eigenvalue weighted by Crippen LogP contribution is -2.25. The van der Waals surface area contributed by atoms with Gasteiger partial charge in [-0.1, -0.05) is 0 Å². The first-order chi connectivity index (χ1) is 8.18. The Morgan fingerprint density at radius 3 is 3.00 bits per heavy atom. The average Bonchev–Trinajstić information content (AvgIpc) is 3.12. The number of likely N-dealkylation sites (N-methyl/N-ethyl adjacent to an activating group) is 1. The minimum absolute atomic E-state index is 0.738. The minimum Gasteiger partial charge on any atom is -0.396 e. The largest absolute Gasteiger partial charge is 0.396 e. The van der Waals surface area contributed by atoms with Gasteiger partial charge < -0.3 is 15.4 Å². The molecule has 0 aromatic carbocycles. The van der Waals surface area contributed by atoms with Gasteiger partial charge in [0.15, 0.2) is 5.82 Å². The number of hydrogen-bond acceptors (Lipinski definition) is 4. The van der Waals surface area contributed by atoms with E-state index in [1.165, 1.54) is 12.8 Å². The van der Waals surface area contributed by atoms with Gasteiger partial charge in [-0.05, 0) is 37.3 Å². The molecule has 0 aliphatic heterocycles. The van der Waals surface area contributed by atoms with E-state index in [-0.39, 0.29) is 0 Å². The van der Waals surface area contributed by atoms with E-state index < -0.39 is 0 Å². The van der Waals surface area contributed by atoms with Gasteiger partial charge in [0.25, 0.3) is 0 Å². The fourth-order valence-corrected chi connectivity index (χ4v) is 1.70. The summed E-state index contributed by atoms with van der Waals surface area (Å²) in [5.41, 5.74) is 7.83. The van der Waals surface area contributed by atoms with Gasteiger partial charge in [0.05, 0.1) is 12.3 Å². The molecule has 0 atom stereocenters. The third kappa shape index (κ3) is 3.33. The molecule has 94 valence electrons. The van der Waals surface area contributed by atoms with Crippen LogP contribution in [0.4, 0.5) is 11.5 Å². The highest BCUT2D eigenvalue weighted by molar-refractivity contribution is 5.65. The number of nitrogen functional groups attached to an aromatic ring is 1. The average molecular weight is 235 g/mol. The highest BCUT2D eigenvalue weighted by atomic mass is 16.5. The van der Waals surface area contributed by atoms with E-state index in [0.29, 0.717) is 0 Å². The van der Waals surface area contributed by atoms with Crippen molar-refractivity contribution in [3.63, 3.8) is 0 Å². The highest BCUT2D eigenvalue weighted by Crippen LogP contribution is 2.28. The molecule has 1 heterocycles. The van der Waals surface area contributed by atoms with Gasteiger partial charge in [-0.3, -0.25) is 0 Å². The molecule has 0 saturated heterocycles. The number of anilines is 2. The van der Waals surface area contributed by atoms with Gasteiger partial charge in [-0.2, -0.15) is 0 Å². The van der Waals surface area contributed by atoms with Crippen LogP contribution in [0.15, 0.2) is 12.3 Å². The fourth-order valence-electron chi connectivity index (χ4n) is 1.70. The summed E-state index contributed by atoms with van der Waals surface area (Å²) in [6, 6.07) is 1.93. The molecule has 17 heavy (non-hydrogen) atoms. The van der Waals surface area contributed by atoms with E-state index in [1.807, 2.05) is 20.0 Å². The maximum absolute atomic E-state index is 6.00. The van der Waals surface area contributed by atoms with Gasteiger partial charge in [-0.25, -0.2) is 4.98 Å². The Morgan fingerprint density at radius 1 is 1.53 bits per heavy atom. The molecule has 0 spiro atoms. The third-order valence-electron chi connectivity index (χ3n) is 3.17. The topological polar surface area (TPSA) is 51.4 Å². The predicted molar refractivity (Wildman–Crippen MR) is 70.2 cm³/mol. The van der Waals surface area contributed by atoms with Crippen molar-refractivity contribution < 1.29 is 4.74 Å². The van der Waals surface area contributed by atoms with E-state index in [0.717, 1.165) is 42.7 Å². The fraction of sp³-hybridized carbons (Fsp3) is 0.615. The molecular weight excluding hydrogens is 214 g/mol. The number of rotatable bonds is 6. The maximum atomic E-state index is 6.00. The van der Waals surface area contributed by atoms with Crippen LogP contribution in [0.5, 0.6) is 0 Å². The number of nitrogens with two attached hydrogens (primary N) is 1. The summed E-state index contributed by atoms with van der Waals surface area (Å²) in [4.78, 5) is 6.36. The summed E-state index contributed by atoms with van der Waals surface area (Å²) in [7, 11) is 2.00. The van der Waals surface area contributed by atoms with Crippen LogP contribution in [-0.4, -0.2) is 31.8 Å². The lowest BCUT2D eigenvalue weighted by Gasteiger charge is -2.20. The molecular formula is C13H21N3O. The smallest absolute Gasteiger partial charge is 0.151 e. The number of hydrogen-bond donors (Lipinski definition) is 1. The molecule has 2 N–H and O–H groups in total. The lowest BCUT2D eigenvalue weighted by atomic mass is 10.2. The van der Waals surface area contributed by atoms with Crippen LogP contribution in [0, 0.1) is 12.8 Å². The third-order valence-corrected chi connectivity index (χ3v) is 3.17. The van der Waals surface area contributed by atoms with Gasteiger partial charge >= 0.3 is 0 Å². The van der Waals surface area contributed by atoms with Crippen molar-refractivity contribution in [3.8, 4) is 0 Å². The molecule has 0 unspecified atom stereocenters. The van der Waals surface area contributed by atoms with Crippen molar-refractivity contribution in [1.29, 1.82) is 0 Å². The zero-order valence-corrected chi connectivity index (χ0v) is 10.6. The molecule has 1 aliphatic rings. The van der Waals surface area contributed by atoms with Crippen LogP contribution in [-0.2, 0) is 4.74 Å². The van der Waals surface area contributed by atoms with Gasteiger partial charge in [0, 0.05) is 26.4 Å². The van der Waals surface area contributed by atoms with E-state index in [2.05, 4.69) is 9.88 Å². The molecule has 0 radical (unpaired) electrons. The van der Waals surface area contributed by atoms with Crippen molar-refractivity contribution in [3.05, 3.63) is 17.8 Å². The summed E-state index contributed by atoms with van der Waals surface area (Å²) in [6.45, 7) is 4.47. The normalized spacial score (nSPS) is 14.9. The predicted octanol–water partition coefficient (Wildman–Crippen LogP) is 1.84. The number of nitrogens with zero attached hydrogens (tertiary/aromatic N) is 2. The highest BCUT2D eigenvalue weighted by Gasteiger charge is 2.21. The maximum Gasteiger partial charge on any atom is 0.151 e. The quantitative estimate of drug-likeness (QED) is 0.764. The number of aryl methyl sites for hydroxylation is 1. The van der Waals surface area contributed by atoms with Gasteiger partial charge in [0.1, 0.15) is 0 Å². The monoisotopic (exact) mass is 235 g/mol. The number of ether oxygens (including phenoxy) is 1. The molecule has 0 bridgehead atoms. The van der Waals surface area contributed by atoms with E-state index in [9.17, 15) is 0 Å². The van der Waals surface area contributed by atoms with Crippen LogP contribution in [0.2, 0.25) is 0 Å². The van der Waals surface area contributed by atoms with Crippen LogP contribution in [0.25, 0.3) is 0 Å². The molecule has 1 aromatic heterocycles. The Morgan fingerprint density at radius 2 is 2.29 bits per heavy atom. The Labute approximate surface area is 103 Å². The summed E-state index contributed by atoms with van der Waals surface area (Å²) in [5.74, 6) is 1.67. The van der Waals surface area contributed by atoms with Crippen LogP contribution in [0.3, 0.4) is 0 Å². The van der Waals surface area contributed by atoms with Crippen molar-refractivity contribution >= 4 is 11.5 Å². The first-order valence-corrected chi connectivity index (χ1v) is 6.18. The van der Waals surface area contributed by atoms with Crippen LogP contribution < -0.4 is 10.6 Å². The van der Waals surface area contributed by atoms with E-state index in [4.69, 9.17) is 10.5 Å². The molecule has 1 saturated carbocycles. The molecule has 4 nitrogen and oxygen atoms in total. The molecule has 4 heteroatoms. The second-order valence-corrected chi connectivity index (χ2v) is 4.80. The molecule has 1 aliphatic carbocycles. The summed E-state index contributed by atoms with van der Waals surface area (Å²) in [5, 5.41) is 0. The lowest BCUT2D eigenvalue weighted by molar-refractivity contribution is 0.131. The Balaban J connectivity index is 1.81. The Kier molecular flexibility index (Phi) is 3.84. The minimum atomic E-state index is 0.738. The Hall–Kier alpha value is -1.29. The molecule has 0 amide bonds. The standard InChI is InChI=1S/C13H21N3O/c1-10-5-6-15-13(12(10)14)16(2)7-8-17-9-11-3-4-11/h5-6,11H,3-4,7-9,14H2,1-2H3. The van der Waals surface area contributed by atoms with Crippen LogP contribution in [0.1, 0.15) is 18.4 Å². The van der Waals surface area contributed by atoms with E-state index >= 15 is 0 Å². The zero-order valence-electron chi connectivity index (χ0n) is 10.6. The van der Waals surface area contributed by atoms with Crippen molar-refractivity contribution in [2.24, 2.45) is 5.92 Å². The Bertz CT molecular complexity index is 377. The zero-order chi connectivity index (χ0) is 12.3. The van der Waals surface area contributed by atoms with Crippen molar-refractivity contribution in [2.45, 2.75) is 19.8 Å². The number of aromatic nitrogens is 1. The second-order valence-electron chi connectivity index (χ2n) is 4.80. The van der Waals surface area contributed by atoms with Crippen molar-refractivity contribution in [2.75, 3.05) is 37.4 Å². The van der Waals surface area contributed by atoms with Gasteiger partial charge in [0.2, 0.25) is 0 Å². The first kappa shape index (κ1) is 12.2. The molecule has 2 rings (SSSR count). The summed E-state index contributed by atoms with van der Waals surface area (Å²) < 4.78 is 5.61. The summed E-state index contributed by atoms with van der Waals surface area (Å²) in [6.07, 6.45) is 4.47. The summed E-state index contributed by atoms with van der Waals surface area (Å²) >= 11 is 0.